The van der Waals surface area contributed by atoms with Crippen molar-refractivity contribution in [2.75, 3.05) is 38.4 Å². The van der Waals surface area contributed by atoms with Crippen molar-refractivity contribution in [1.82, 2.24) is 4.98 Å². The van der Waals surface area contributed by atoms with Gasteiger partial charge in [-0.05, 0) is 68.5 Å². The van der Waals surface area contributed by atoms with Crippen molar-refractivity contribution in [2.45, 2.75) is 39.7 Å². The van der Waals surface area contributed by atoms with Crippen LogP contribution in [0.15, 0.2) is 53.5 Å². The average Bonchev–Trinajstić information content (AvgIpc) is 3.58. The number of carbonyl (C=O) groups is 1. The highest BCUT2D eigenvalue weighted by molar-refractivity contribution is 7.09. The van der Waals surface area contributed by atoms with Gasteiger partial charge < -0.3 is 19.1 Å². The summed E-state index contributed by atoms with van der Waals surface area (Å²) in [6.45, 7) is 8.13. The maximum atomic E-state index is 12.4. The normalized spacial score (nSPS) is 14.8. The van der Waals surface area contributed by atoms with Gasteiger partial charge in [-0.25, -0.2) is 9.78 Å². The SMILES string of the molecule is C1CCOC1.CCOc1ccccc1-c1ccc2c(c1)C=C(C(=O)OC)CCN2Cc1scnc1C. The molecular formula is C29H34N2O4S. The van der Waals surface area contributed by atoms with E-state index in [9.17, 15) is 4.79 Å². The highest BCUT2D eigenvalue weighted by Gasteiger charge is 2.22. The molecule has 0 amide bonds. The van der Waals surface area contributed by atoms with E-state index in [0.29, 0.717) is 18.6 Å². The molecule has 2 aromatic carbocycles. The van der Waals surface area contributed by atoms with Crippen LogP contribution in [-0.2, 0) is 20.8 Å². The average molecular weight is 507 g/mol. The third-order valence-corrected chi connectivity index (χ3v) is 7.22. The van der Waals surface area contributed by atoms with Gasteiger partial charge in [-0.1, -0.05) is 24.3 Å². The Bertz CT molecular complexity index is 1190. The van der Waals surface area contributed by atoms with E-state index in [1.54, 1.807) is 11.3 Å². The smallest absolute Gasteiger partial charge is 0.333 e. The standard InChI is InChI=1S/C25H26N2O3S.C4H8O/c1-4-30-23-8-6-5-7-21(23)18-9-10-22-20(13-18)14-19(25(28)29-3)11-12-27(22)15-24-17(2)26-16-31-24;1-2-4-5-3-1/h5-10,13-14,16H,4,11-12,15H2,1-3H3;1-4H2. The molecular weight excluding hydrogens is 472 g/mol. The van der Waals surface area contributed by atoms with Crippen LogP contribution in [0.3, 0.4) is 0 Å². The Morgan fingerprint density at radius 3 is 2.64 bits per heavy atom. The van der Waals surface area contributed by atoms with Crippen molar-refractivity contribution in [3.05, 3.63) is 69.7 Å². The van der Waals surface area contributed by atoms with Gasteiger partial charge in [0, 0.05) is 41.5 Å². The van der Waals surface area contributed by atoms with Crippen LogP contribution in [0.5, 0.6) is 5.75 Å². The molecule has 7 heteroatoms. The first-order valence-corrected chi connectivity index (χ1v) is 13.4. The van der Waals surface area contributed by atoms with Gasteiger partial charge in [-0.15, -0.1) is 11.3 Å². The number of hydrogen-bond donors (Lipinski definition) is 0. The predicted molar refractivity (Wildman–Crippen MR) is 146 cm³/mol. The molecule has 3 aromatic rings. The number of aryl methyl sites for hydroxylation is 1. The minimum atomic E-state index is -0.276. The van der Waals surface area contributed by atoms with Crippen LogP contribution in [0.25, 0.3) is 17.2 Å². The molecule has 190 valence electrons. The van der Waals surface area contributed by atoms with Crippen molar-refractivity contribution in [3.63, 3.8) is 0 Å². The van der Waals surface area contributed by atoms with Crippen LogP contribution in [0.4, 0.5) is 5.69 Å². The number of nitrogens with zero attached hydrogens (tertiary/aromatic N) is 2. The fraction of sp³-hybridized carbons (Fsp3) is 0.379. The number of thiazole rings is 1. The van der Waals surface area contributed by atoms with Gasteiger partial charge in [-0.2, -0.15) is 0 Å². The molecule has 0 bridgehead atoms. The number of methoxy groups -OCH3 is 1. The zero-order valence-electron chi connectivity index (χ0n) is 21.3. The van der Waals surface area contributed by atoms with Gasteiger partial charge in [0.1, 0.15) is 5.75 Å². The summed E-state index contributed by atoms with van der Waals surface area (Å²) in [4.78, 5) is 20.3. The lowest BCUT2D eigenvalue weighted by molar-refractivity contribution is -0.136. The Morgan fingerprint density at radius 2 is 1.97 bits per heavy atom. The number of aromatic nitrogens is 1. The molecule has 0 N–H and O–H groups in total. The molecule has 36 heavy (non-hydrogen) atoms. The van der Waals surface area contributed by atoms with Crippen LogP contribution in [-0.4, -0.2) is 44.4 Å². The van der Waals surface area contributed by atoms with E-state index in [1.807, 2.05) is 43.6 Å². The Hall–Kier alpha value is -3.16. The first-order valence-electron chi connectivity index (χ1n) is 12.5. The summed E-state index contributed by atoms with van der Waals surface area (Å²) < 4.78 is 15.8. The number of para-hydroxylation sites is 1. The molecule has 6 nitrogen and oxygen atoms in total. The molecule has 0 radical (unpaired) electrons. The summed E-state index contributed by atoms with van der Waals surface area (Å²) in [5, 5.41) is 0. The minimum Gasteiger partial charge on any atom is -0.493 e. The number of anilines is 1. The maximum absolute atomic E-state index is 12.4. The summed E-state index contributed by atoms with van der Waals surface area (Å²) in [6.07, 6.45) is 5.15. The molecule has 2 aliphatic heterocycles. The van der Waals surface area contributed by atoms with E-state index < -0.39 is 0 Å². The van der Waals surface area contributed by atoms with Crippen molar-refractivity contribution in [2.24, 2.45) is 0 Å². The molecule has 2 aliphatic rings. The van der Waals surface area contributed by atoms with Crippen LogP contribution >= 0.6 is 11.3 Å². The van der Waals surface area contributed by atoms with Crippen molar-refractivity contribution in [3.8, 4) is 16.9 Å². The Balaban J connectivity index is 0.000000543. The van der Waals surface area contributed by atoms with Crippen LogP contribution in [0.1, 0.15) is 42.3 Å². The highest BCUT2D eigenvalue weighted by atomic mass is 32.1. The van der Waals surface area contributed by atoms with Crippen molar-refractivity contribution >= 4 is 29.1 Å². The predicted octanol–water partition coefficient (Wildman–Crippen LogP) is 6.28. The molecule has 3 heterocycles. The van der Waals surface area contributed by atoms with E-state index in [-0.39, 0.29) is 5.97 Å². The Morgan fingerprint density at radius 1 is 1.17 bits per heavy atom. The molecule has 0 saturated carbocycles. The fourth-order valence-electron chi connectivity index (χ4n) is 4.37. The Labute approximate surface area is 217 Å². The van der Waals surface area contributed by atoms with Gasteiger partial charge >= 0.3 is 5.97 Å². The molecule has 1 saturated heterocycles. The first-order chi connectivity index (χ1) is 17.6. The largest absolute Gasteiger partial charge is 0.493 e. The second kappa shape index (κ2) is 12.7. The second-order valence-electron chi connectivity index (χ2n) is 8.72. The van der Waals surface area contributed by atoms with Gasteiger partial charge in [0.05, 0.1) is 31.5 Å². The van der Waals surface area contributed by atoms with Gasteiger partial charge in [0.25, 0.3) is 0 Å². The fourth-order valence-corrected chi connectivity index (χ4v) is 5.16. The summed E-state index contributed by atoms with van der Waals surface area (Å²) in [5.41, 5.74) is 7.82. The van der Waals surface area contributed by atoms with E-state index in [2.05, 4.69) is 34.1 Å². The topological polar surface area (TPSA) is 60.9 Å². The lowest BCUT2D eigenvalue weighted by Crippen LogP contribution is -2.24. The van der Waals surface area contributed by atoms with Crippen LogP contribution in [0, 0.1) is 6.92 Å². The second-order valence-corrected chi connectivity index (χ2v) is 9.66. The lowest BCUT2D eigenvalue weighted by atomic mass is 9.99. The molecule has 0 unspecified atom stereocenters. The van der Waals surface area contributed by atoms with E-state index in [0.717, 1.165) is 60.1 Å². The number of hydrogen-bond acceptors (Lipinski definition) is 7. The summed E-state index contributed by atoms with van der Waals surface area (Å²) in [5.74, 6) is 0.578. The molecule has 0 spiro atoms. The number of benzene rings is 2. The van der Waals surface area contributed by atoms with Crippen molar-refractivity contribution in [1.29, 1.82) is 0 Å². The third kappa shape index (κ3) is 6.33. The molecule has 1 fully saturated rings. The van der Waals surface area contributed by atoms with Crippen LogP contribution in [0.2, 0.25) is 0 Å². The quantitative estimate of drug-likeness (QED) is 0.367. The summed E-state index contributed by atoms with van der Waals surface area (Å²) >= 11 is 1.67. The van der Waals surface area contributed by atoms with E-state index in [1.165, 1.54) is 24.8 Å². The Kier molecular flexibility index (Phi) is 9.14. The van der Waals surface area contributed by atoms with E-state index in [4.69, 9.17) is 14.2 Å². The number of fused-ring (bicyclic) bond motifs is 1. The van der Waals surface area contributed by atoms with E-state index >= 15 is 0 Å². The molecule has 0 aliphatic carbocycles. The van der Waals surface area contributed by atoms with Crippen molar-refractivity contribution < 1.29 is 19.0 Å². The molecule has 1 aromatic heterocycles. The zero-order chi connectivity index (χ0) is 25.3. The number of carbonyl (C=O) groups excluding carboxylic acids is 1. The molecule has 5 rings (SSSR count). The highest BCUT2D eigenvalue weighted by Crippen LogP contribution is 2.36. The first kappa shape index (κ1) is 25.9. The summed E-state index contributed by atoms with van der Waals surface area (Å²) in [6, 6.07) is 14.4. The molecule has 0 atom stereocenters. The maximum Gasteiger partial charge on any atom is 0.333 e. The number of rotatable bonds is 6. The number of esters is 1. The summed E-state index contributed by atoms with van der Waals surface area (Å²) in [7, 11) is 1.43. The number of ether oxygens (including phenoxy) is 3. The minimum absolute atomic E-state index is 0.276. The lowest BCUT2D eigenvalue weighted by Gasteiger charge is -2.25. The zero-order valence-corrected chi connectivity index (χ0v) is 22.1. The third-order valence-electron chi connectivity index (χ3n) is 6.30. The monoisotopic (exact) mass is 506 g/mol. The van der Waals surface area contributed by atoms with Gasteiger partial charge in [-0.3, -0.25) is 0 Å². The van der Waals surface area contributed by atoms with Gasteiger partial charge in [0.15, 0.2) is 0 Å². The van der Waals surface area contributed by atoms with Crippen LogP contribution < -0.4 is 9.64 Å². The van der Waals surface area contributed by atoms with Gasteiger partial charge in [0.2, 0.25) is 0 Å².